The first-order valence-electron chi connectivity index (χ1n) is 5.71. The fourth-order valence-electron chi connectivity index (χ4n) is 1.15. The Hall–Kier alpha value is -2.59. The Kier molecular flexibility index (Phi) is 4.45. The molecule has 1 rings (SSSR count). The lowest BCUT2D eigenvalue weighted by Gasteiger charge is -2.16. The maximum atomic E-state index is 11.7. The van der Waals surface area contributed by atoms with Crippen LogP contribution in [0.25, 0.3) is 6.08 Å². The summed E-state index contributed by atoms with van der Waals surface area (Å²) in [5.74, 6) is 0.123. The van der Waals surface area contributed by atoms with Gasteiger partial charge in [0.2, 0.25) is 0 Å². The van der Waals surface area contributed by atoms with Crippen LogP contribution in [0.2, 0.25) is 0 Å². The number of ether oxygens (including phenoxy) is 1. The van der Waals surface area contributed by atoms with Crippen molar-refractivity contribution < 1.29 is 9.53 Å². The lowest BCUT2D eigenvalue weighted by molar-refractivity contribution is -0.142. The Balaban J connectivity index is 2.85. The molecule has 19 heavy (non-hydrogen) atoms. The monoisotopic (exact) mass is 254 g/mol. The summed E-state index contributed by atoms with van der Waals surface area (Å²) >= 11 is 0. The third-order valence-corrected chi connectivity index (χ3v) is 2.25. The van der Waals surface area contributed by atoms with Gasteiger partial charge in [-0.15, -0.1) is 0 Å². The molecule has 0 fully saturated rings. The van der Waals surface area contributed by atoms with E-state index in [9.17, 15) is 4.79 Å². The molecule has 0 amide bonds. The molecule has 0 atom stereocenters. The van der Waals surface area contributed by atoms with Gasteiger partial charge < -0.3 is 4.74 Å². The highest BCUT2D eigenvalue weighted by atomic mass is 16.5. The van der Waals surface area contributed by atoms with Crippen LogP contribution in [0.3, 0.4) is 0 Å². The number of carbonyl (C=O) groups is 1. The first-order chi connectivity index (χ1) is 8.86. The van der Waals surface area contributed by atoms with Crippen LogP contribution in [0.5, 0.6) is 5.75 Å². The standard InChI is InChI=1S/C15H14N2O2/c1-15(2,3)14(18)19-13-6-4-11(5-7-13)8-12(9-16)10-17/h4-8H,1-3H3. The van der Waals surface area contributed by atoms with E-state index in [4.69, 9.17) is 15.3 Å². The molecule has 0 aliphatic carbocycles. The molecule has 0 aromatic heterocycles. The van der Waals surface area contributed by atoms with Crippen molar-refractivity contribution in [2.45, 2.75) is 20.8 Å². The van der Waals surface area contributed by atoms with E-state index in [1.807, 2.05) is 0 Å². The van der Waals surface area contributed by atoms with Crippen molar-refractivity contribution in [2.24, 2.45) is 5.41 Å². The maximum absolute atomic E-state index is 11.7. The number of hydrogen-bond donors (Lipinski definition) is 0. The minimum Gasteiger partial charge on any atom is -0.426 e. The summed E-state index contributed by atoms with van der Waals surface area (Å²) in [7, 11) is 0. The minimum absolute atomic E-state index is 0.0273. The normalized spacial score (nSPS) is 9.95. The summed E-state index contributed by atoms with van der Waals surface area (Å²) in [5, 5.41) is 17.3. The SMILES string of the molecule is CC(C)(C)C(=O)Oc1ccc(C=C(C#N)C#N)cc1. The Morgan fingerprint density at radius 3 is 2.11 bits per heavy atom. The van der Waals surface area contributed by atoms with Crippen LogP contribution < -0.4 is 4.74 Å². The van der Waals surface area contributed by atoms with Crippen molar-refractivity contribution in [2.75, 3.05) is 0 Å². The first kappa shape index (κ1) is 14.5. The molecule has 0 N–H and O–H groups in total. The van der Waals surface area contributed by atoms with E-state index >= 15 is 0 Å². The molecule has 96 valence electrons. The lowest BCUT2D eigenvalue weighted by atomic mass is 9.97. The molecule has 0 unspecified atom stereocenters. The fourth-order valence-corrected chi connectivity index (χ4v) is 1.15. The van der Waals surface area contributed by atoms with Crippen LogP contribution in [-0.4, -0.2) is 5.97 Å². The summed E-state index contributed by atoms with van der Waals surface area (Å²) in [6.07, 6.45) is 1.47. The zero-order valence-electron chi connectivity index (χ0n) is 11.1. The van der Waals surface area contributed by atoms with E-state index < -0.39 is 5.41 Å². The van der Waals surface area contributed by atoms with Crippen molar-refractivity contribution in [1.82, 2.24) is 0 Å². The molecule has 4 nitrogen and oxygen atoms in total. The molecular formula is C15H14N2O2. The Morgan fingerprint density at radius 1 is 1.16 bits per heavy atom. The Morgan fingerprint density at radius 2 is 1.68 bits per heavy atom. The topological polar surface area (TPSA) is 73.9 Å². The van der Waals surface area contributed by atoms with E-state index in [1.165, 1.54) is 6.08 Å². The molecule has 1 aromatic rings. The molecule has 0 spiro atoms. The average molecular weight is 254 g/mol. The van der Waals surface area contributed by atoms with Gasteiger partial charge in [0.1, 0.15) is 23.5 Å². The van der Waals surface area contributed by atoms with E-state index in [0.717, 1.165) is 0 Å². The largest absolute Gasteiger partial charge is 0.426 e. The van der Waals surface area contributed by atoms with Crippen LogP contribution >= 0.6 is 0 Å². The fraction of sp³-hybridized carbons (Fsp3) is 0.267. The van der Waals surface area contributed by atoms with Crippen molar-refractivity contribution in [1.29, 1.82) is 10.5 Å². The van der Waals surface area contributed by atoms with Crippen LogP contribution in [0.15, 0.2) is 29.8 Å². The predicted octanol–water partition coefficient (Wildman–Crippen LogP) is 3.07. The van der Waals surface area contributed by atoms with Gasteiger partial charge in [-0.2, -0.15) is 10.5 Å². The van der Waals surface area contributed by atoms with Crippen molar-refractivity contribution in [3.63, 3.8) is 0 Å². The number of rotatable bonds is 2. The highest BCUT2D eigenvalue weighted by Gasteiger charge is 2.23. The molecule has 1 aromatic carbocycles. The summed E-state index contributed by atoms with van der Waals surface area (Å²) in [5.41, 5.74) is 0.168. The van der Waals surface area contributed by atoms with Crippen LogP contribution in [-0.2, 0) is 4.79 Å². The van der Waals surface area contributed by atoms with Gasteiger partial charge in [0.25, 0.3) is 0 Å². The third-order valence-electron chi connectivity index (χ3n) is 2.25. The maximum Gasteiger partial charge on any atom is 0.316 e. The van der Waals surface area contributed by atoms with Crippen LogP contribution in [0.4, 0.5) is 0 Å². The number of nitrogens with zero attached hydrogens (tertiary/aromatic N) is 2. The van der Waals surface area contributed by atoms with Gasteiger partial charge in [-0.05, 0) is 44.5 Å². The number of esters is 1. The molecular weight excluding hydrogens is 240 g/mol. The lowest BCUT2D eigenvalue weighted by Crippen LogP contribution is -2.25. The van der Waals surface area contributed by atoms with E-state index in [-0.39, 0.29) is 11.5 Å². The molecule has 0 heterocycles. The summed E-state index contributed by atoms with van der Waals surface area (Å²) < 4.78 is 5.20. The van der Waals surface area contributed by atoms with Crippen molar-refractivity contribution >= 4 is 12.0 Å². The van der Waals surface area contributed by atoms with Gasteiger partial charge >= 0.3 is 5.97 Å². The van der Waals surface area contributed by atoms with Crippen molar-refractivity contribution in [3.8, 4) is 17.9 Å². The molecule has 0 saturated heterocycles. The van der Waals surface area contributed by atoms with Gasteiger partial charge in [0.05, 0.1) is 5.41 Å². The van der Waals surface area contributed by atoms with Crippen LogP contribution in [0.1, 0.15) is 26.3 Å². The van der Waals surface area contributed by atoms with E-state index in [1.54, 1.807) is 57.2 Å². The van der Waals surface area contributed by atoms with Gasteiger partial charge in [-0.25, -0.2) is 0 Å². The molecule has 0 radical (unpaired) electrons. The zero-order valence-corrected chi connectivity index (χ0v) is 11.1. The molecule has 0 aliphatic rings. The van der Waals surface area contributed by atoms with Crippen molar-refractivity contribution in [3.05, 3.63) is 35.4 Å². The summed E-state index contributed by atoms with van der Waals surface area (Å²) in [6.45, 7) is 5.33. The number of nitriles is 2. The third kappa shape index (κ3) is 4.29. The van der Waals surface area contributed by atoms with E-state index in [0.29, 0.717) is 11.3 Å². The molecule has 0 bridgehead atoms. The van der Waals surface area contributed by atoms with Gasteiger partial charge in [0.15, 0.2) is 0 Å². The van der Waals surface area contributed by atoms with Gasteiger partial charge in [-0.1, -0.05) is 12.1 Å². The Bertz CT molecular complexity index is 563. The second-order valence-electron chi connectivity index (χ2n) is 4.99. The summed E-state index contributed by atoms with van der Waals surface area (Å²) in [4.78, 5) is 11.7. The quantitative estimate of drug-likeness (QED) is 0.462. The number of allylic oxidation sites excluding steroid dienone is 1. The molecule has 0 aliphatic heterocycles. The number of benzene rings is 1. The smallest absolute Gasteiger partial charge is 0.316 e. The molecule has 4 heteroatoms. The second kappa shape index (κ2) is 5.84. The highest BCUT2D eigenvalue weighted by Crippen LogP contribution is 2.20. The number of carbonyl (C=O) groups excluding carboxylic acids is 1. The number of hydrogen-bond acceptors (Lipinski definition) is 4. The van der Waals surface area contributed by atoms with Gasteiger partial charge in [-0.3, -0.25) is 4.79 Å². The van der Waals surface area contributed by atoms with E-state index in [2.05, 4.69) is 0 Å². The molecule has 0 saturated carbocycles. The average Bonchev–Trinajstić information content (AvgIpc) is 2.36. The highest BCUT2D eigenvalue weighted by molar-refractivity contribution is 5.78. The second-order valence-corrected chi connectivity index (χ2v) is 4.99. The first-order valence-corrected chi connectivity index (χ1v) is 5.71. The minimum atomic E-state index is -0.562. The predicted molar refractivity (Wildman–Crippen MR) is 70.7 cm³/mol. The van der Waals surface area contributed by atoms with Gasteiger partial charge in [0, 0.05) is 0 Å². The zero-order chi connectivity index (χ0) is 14.5. The Labute approximate surface area is 112 Å². The van der Waals surface area contributed by atoms with Crippen LogP contribution in [0, 0.1) is 28.1 Å². The summed E-state index contributed by atoms with van der Waals surface area (Å²) in [6, 6.07) is 10.2.